The SMILES string of the molecule is C=CCC1N=C(CN(C(=O)[O-])c2ccc(C)c(C)c2)OC1CC=C. The Morgan fingerprint density at radius 1 is 1.29 bits per heavy atom. The summed E-state index contributed by atoms with van der Waals surface area (Å²) in [6.45, 7) is 11.4. The van der Waals surface area contributed by atoms with Crippen molar-refractivity contribution in [2.24, 2.45) is 4.99 Å². The Kier molecular flexibility index (Phi) is 5.79. The van der Waals surface area contributed by atoms with Gasteiger partial charge < -0.3 is 19.5 Å². The molecule has 1 aliphatic rings. The van der Waals surface area contributed by atoms with E-state index in [0.29, 0.717) is 24.4 Å². The zero-order chi connectivity index (χ0) is 17.7. The van der Waals surface area contributed by atoms with Crippen molar-refractivity contribution in [2.45, 2.75) is 38.8 Å². The van der Waals surface area contributed by atoms with Crippen LogP contribution in [-0.2, 0) is 4.74 Å². The molecule has 1 aliphatic heterocycles. The van der Waals surface area contributed by atoms with E-state index in [-0.39, 0.29) is 18.7 Å². The number of rotatable bonds is 7. The van der Waals surface area contributed by atoms with Gasteiger partial charge in [-0.2, -0.15) is 0 Å². The van der Waals surface area contributed by atoms with Gasteiger partial charge >= 0.3 is 0 Å². The van der Waals surface area contributed by atoms with Crippen LogP contribution in [-0.4, -0.2) is 30.7 Å². The Balaban J connectivity index is 2.20. The number of carbonyl (C=O) groups excluding carboxylic acids is 1. The summed E-state index contributed by atoms with van der Waals surface area (Å²) < 4.78 is 5.82. The topological polar surface area (TPSA) is 65.0 Å². The third-order valence-corrected chi connectivity index (χ3v) is 4.15. The quantitative estimate of drug-likeness (QED) is 0.723. The summed E-state index contributed by atoms with van der Waals surface area (Å²) in [5.41, 5.74) is 2.67. The van der Waals surface area contributed by atoms with Crippen molar-refractivity contribution in [3.63, 3.8) is 0 Å². The first kappa shape index (κ1) is 17.8. The number of ether oxygens (including phenoxy) is 1. The highest BCUT2D eigenvalue weighted by Gasteiger charge is 2.30. The Labute approximate surface area is 143 Å². The number of anilines is 1. The number of amides is 1. The summed E-state index contributed by atoms with van der Waals surface area (Å²) in [4.78, 5) is 17.2. The first-order chi connectivity index (χ1) is 11.5. The molecule has 2 unspecified atom stereocenters. The highest BCUT2D eigenvalue weighted by molar-refractivity contribution is 5.93. The van der Waals surface area contributed by atoms with Gasteiger partial charge in [-0.25, -0.2) is 4.99 Å². The molecule has 1 heterocycles. The molecule has 2 rings (SSSR count). The second-order valence-electron chi connectivity index (χ2n) is 5.92. The molecule has 2 atom stereocenters. The van der Waals surface area contributed by atoms with E-state index >= 15 is 0 Å². The standard InChI is InChI=1S/C19H24N2O3/c1-5-7-16-17(8-6-2)24-18(20-16)12-21(19(22)23)15-10-9-13(3)14(4)11-15/h5-6,9-11,16-17H,1-2,7-8,12H2,3-4H3,(H,22,23)/p-1. The van der Waals surface area contributed by atoms with E-state index in [1.165, 1.54) is 0 Å². The lowest BCUT2D eigenvalue weighted by atomic mass is 10.1. The van der Waals surface area contributed by atoms with Crippen molar-refractivity contribution in [3.05, 3.63) is 54.6 Å². The van der Waals surface area contributed by atoms with Gasteiger partial charge in [0.2, 0.25) is 5.90 Å². The lowest BCUT2D eigenvalue weighted by Gasteiger charge is -2.25. The van der Waals surface area contributed by atoms with Gasteiger partial charge in [-0.3, -0.25) is 0 Å². The molecule has 0 radical (unpaired) electrons. The number of aryl methyl sites for hydroxylation is 2. The molecule has 0 aliphatic carbocycles. The van der Waals surface area contributed by atoms with Crippen LogP contribution in [0.5, 0.6) is 0 Å². The molecule has 0 saturated carbocycles. The number of hydrogen-bond acceptors (Lipinski definition) is 4. The molecule has 1 aromatic rings. The molecular formula is C19H23N2O3-. The maximum absolute atomic E-state index is 11.6. The van der Waals surface area contributed by atoms with Gasteiger partial charge in [-0.15, -0.1) is 13.2 Å². The van der Waals surface area contributed by atoms with Gasteiger partial charge in [0.05, 0.1) is 6.04 Å². The first-order valence-electron chi connectivity index (χ1n) is 7.97. The first-order valence-corrected chi connectivity index (χ1v) is 7.97. The molecule has 1 aromatic carbocycles. The van der Waals surface area contributed by atoms with Crippen LogP contribution < -0.4 is 10.0 Å². The Morgan fingerprint density at radius 2 is 2.00 bits per heavy atom. The fourth-order valence-corrected chi connectivity index (χ4v) is 2.66. The molecule has 128 valence electrons. The van der Waals surface area contributed by atoms with Crippen LogP contribution in [0.25, 0.3) is 0 Å². The second kappa shape index (κ2) is 7.81. The fraction of sp³-hybridized carbons (Fsp3) is 0.368. The van der Waals surface area contributed by atoms with Gasteiger partial charge in [0.1, 0.15) is 18.7 Å². The molecule has 1 amide bonds. The molecule has 0 bridgehead atoms. The van der Waals surface area contributed by atoms with E-state index in [1.807, 2.05) is 26.0 Å². The Hall–Kier alpha value is -2.56. The van der Waals surface area contributed by atoms with Crippen LogP contribution in [0.15, 0.2) is 48.5 Å². The summed E-state index contributed by atoms with van der Waals surface area (Å²) >= 11 is 0. The molecule has 0 fully saturated rings. The zero-order valence-corrected chi connectivity index (χ0v) is 14.2. The van der Waals surface area contributed by atoms with E-state index in [1.54, 1.807) is 18.2 Å². The van der Waals surface area contributed by atoms with E-state index in [0.717, 1.165) is 16.0 Å². The lowest BCUT2D eigenvalue weighted by Crippen LogP contribution is -2.44. The van der Waals surface area contributed by atoms with Gasteiger partial charge in [0.15, 0.2) is 0 Å². The van der Waals surface area contributed by atoms with E-state index in [2.05, 4.69) is 18.2 Å². The van der Waals surface area contributed by atoms with Crippen molar-refractivity contribution in [3.8, 4) is 0 Å². The summed E-state index contributed by atoms with van der Waals surface area (Å²) in [7, 11) is 0. The monoisotopic (exact) mass is 327 g/mol. The second-order valence-corrected chi connectivity index (χ2v) is 5.92. The summed E-state index contributed by atoms with van der Waals surface area (Å²) in [6.07, 6.45) is 3.49. The molecule has 5 heteroatoms. The third-order valence-electron chi connectivity index (χ3n) is 4.15. The minimum atomic E-state index is -1.28. The highest BCUT2D eigenvalue weighted by Crippen LogP contribution is 2.23. The van der Waals surface area contributed by atoms with Crippen LogP contribution in [0.4, 0.5) is 10.5 Å². The Bertz CT molecular complexity index is 667. The number of carboxylic acid groups (broad SMARTS) is 1. The molecule has 5 nitrogen and oxygen atoms in total. The zero-order valence-electron chi connectivity index (χ0n) is 14.2. The third kappa shape index (κ3) is 4.04. The minimum absolute atomic E-state index is 0.0338. The number of nitrogens with zero attached hydrogens (tertiary/aromatic N) is 2. The number of benzene rings is 1. The number of aliphatic imine (C=N–C) groups is 1. The smallest absolute Gasteiger partial charge is 0.204 e. The molecule has 0 N–H and O–H groups in total. The van der Waals surface area contributed by atoms with E-state index in [4.69, 9.17) is 4.74 Å². The Morgan fingerprint density at radius 3 is 2.58 bits per heavy atom. The van der Waals surface area contributed by atoms with Gasteiger partial charge in [0.25, 0.3) is 0 Å². The fourth-order valence-electron chi connectivity index (χ4n) is 2.66. The molecule has 0 spiro atoms. The highest BCUT2D eigenvalue weighted by atomic mass is 16.5. The predicted molar refractivity (Wildman–Crippen MR) is 94.4 cm³/mol. The summed E-state index contributed by atoms with van der Waals surface area (Å²) in [6, 6.07) is 5.41. The summed E-state index contributed by atoms with van der Waals surface area (Å²) in [5.74, 6) is 0.399. The van der Waals surface area contributed by atoms with Gasteiger partial charge in [-0.1, -0.05) is 18.2 Å². The van der Waals surface area contributed by atoms with Crippen LogP contribution in [0.2, 0.25) is 0 Å². The lowest BCUT2D eigenvalue weighted by molar-refractivity contribution is -0.246. The van der Waals surface area contributed by atoms with Crippen molar-refractivity contribution in [1.29, 1.82) is 0 Å². The molecule has 0 saturated heterocycles. The average molecular weight is 327 g/mol. The van der Waals surface area contributed by atoms with Gasteiger partial charge in [0, 0.05) is 12.1 Å². The normalized spacial score (nSPS) is 19.3. The van der Waals surface area contributed by atoms with Crippen LogP contribution >= 0.6 is 0 Å². The van der Waals surface area contributed by atoms with Crippen LogP contribution in [0.3, 0.4) is 0 Å². The predicted octanol–water partition coefficient (Wildman–Crippen LogP) is 2.77. The number of hydrogen-bond donors (Lipinski definition) is 0. The van der Waals surface area contributed by atoms with E-state index in [9.17, 15) is 9.90 Å². The molecular weight excluding hydrogens is 304 g/mol. The van der Waals surface area contributed by atoms with Crippen molar-refractivity contribution < 1.29 is 14.6 Å². The average Bonchev–Trinajstić information content (AvgIpc) is 2.90. The minimum Gasteiger partial charge on any atom is -0.530 e. The molecule has 24 heavy (non-hydrogen) atoms. The summed E-state index contributed by atoms with van der Waals surface area (Å²) in [5, 5.41) is 11.6. The van der Waals surface area contributed by atoms with Crippen LogP contribution in [0, 0.1) is 13.8 Å². The van der Waals surface area contributed by atoms with Crippen molar-refractivity contribution >= 4 is 17.7 Å². The van der Waals surface area contributed by atoms with Crippen molar-refractivity contribution in [2.75, 3.05) is 11.4 Å². The molecule has 0 aromatic heterocycles. The van der Waals surface area contributed by atoms with Crippen molar-refractivity contribution in [1.82, 2.24) is 0 Å². The maximum Gasteiger partial charge on any atom is 0.204 e. The van der Waals surface area contributed by atoms with E-state index < -0.39 is 6.09 Å². The number of carbonyl (C=O) groups is 1. The van der Waals surface area contributed by atoms with Crippen LogP contribution in [0.1, 0.15) is 24.0 Å². The largest absolute Gasteiger partial charge is 0.530 e. The maximum atomic E-state index is 11.6. The van der Waals surface area contributed by atoms with Gasteiger partial charge in [-0.05, 0) is 43.5 Å².